The number of nitrogens with two attached hydrogens (primary N) is 1. The van der Waals surface area contributed by atoms with Crippen molar-refractivity contribution >= 4 is 23.3 Å². The molecule has 1 aliphatic carbocycles. The summed E-state index contributed by atoms with van der Waals surface area (Å²) in [7, 11) is 0. The average molecular weight is 269 g/mol. The lowest BCUT2D eigenvalue weighted by Gasteiger charge is -2.07. The molecule has 6 heteroatoms. The van der Waals surface area contributed by atoms with Gasteiger partial charge in [-0.2, -0.15) is 0 Å². The third-order valence-corrected chi connectivity index (χ3v) is 3.29. The average Bonchev–Trinajstić information content (AvgIpc) is 3.19. The molecule has 0 saturated heterocycles. The van der Waals surface area contributed by atoms with Gasteiger partial charge in [0.1, 0.15) is 11.5 Å². The van der Waals surface area contributed by atoms with Crippen molar-refractivity contribution in [3.05, 3.63) is 22.8 Å². The number of amides is 1. The first-order valence-electron chi connectivity index (χ1n) is 6.12. The van der Waals surface area contributed by atoms with Crippen LogP contribution in [-0.4, -0.2) is 17.4 Å². The number of nitrogens with one attached hydrogen (secondary N) is 2. The SMILES string of the molecule is NNc1ccc(Cl)c(C(=O)NCCCC2CC2)n1. The molecule has 5 nitrogen and oxygen atoms in total. The van der Waals surface area contributed by atoms with Gasteiger partial charge in [0.15, 0.2) is 0 Å². The standard InChI is InChI=1S/C12H17ClN4O/c13-9-5-6-10(17-14)16-11(9)12(18)15-7-1-2-8-3-4-8/h5-6,8H,1-4,7,14H2,(H,15,18)(H,16,17). The minimum atomic E-state index is -0.257. The van der Waals surface area contributed by atoms with E-state index < -0.39 is 0 Å². The van der Waals surface area contributed by atoms with E-state index in [1.807, 2.05) is 0 Å². The van der Waals surface area contributed by atoms with Gasteiger partial charge >= 0.3 is 0 Å². The molecular formula is C12H17ClN4O. The highest BCUT2D eigenvalue weighted by Gasteiger charge is 2.20. The van der Waals surface area contributed by atoms with E-state index in [2.05, 4.69) is 15.7 Å². The summed E-state index contributed by atoms with van der Waals surface area (Å²) in [6.45, 7) is 0.660. The van der Waals surface area contributed by atoms with Crippen molar-refractivity contribution in [2.24, 2.45) is 11.8 Å². The maximum absolute atomic E-state index is 11.9. The Labute approximate surface area is 111 Å². The quantitative estimate of drug-likeness (QED) is 0.418. The van der Waals surface area contributed by atoms with Crippen molar-refractivity contribution in [1.29, 1.82) is 0 Å². The molecule has 1 aromatic rings. The Morgan fingerprint density at radius 1 is 1.50 bits per heavy atom. The molecule has 0 unspecified atom stereocenters. The van der Waals surface area contributed by atoms with Gasteiger partial charge in [-0.3, -0.25) is 4.79 Å². The molecule has 4 N–H and O–H groups in total. The highest BCUT2D eigenvalue weighted by atomic mass is 35.5. The van der Waals surface area contributed by atoms with E-state index in [4.69, 9.17) is 17.4 Å². The maximum Gasteiger partial charge on any atom is 0.271 e. The van der Waals surface area contributed by atoms with Gasteiger partial charge in [0.2, 0.25) is 0 Å². The van der Waals surface area contributed by atoms with Gasteiger partial charge in [-0.15, -0.1) is 0 Å². The highest BCUT2D eigenvalue weighted by Crippen LogP contribution is 2.33. The zero-order chi connectivity index (χ0) is 13.0. The molecule has 18 heavy (non-hydrogen) atoms. The topological polar surface area (TPSA) is 80.0 Å². The third kappa shape index (κ3) is 3.58. The first-order valence-corrected chi connectivity index (χ1v) is 6.50. The normalized spacial score (nSPS) is 14.3. The first-order chi connectivity index (χ1) is 8.70. The molecule has 1 fully saturated rings. The molecule has 0 aliphatic heterocycles. The number of nitrogen functional groups attached to an aromatic ring is 1. The van der Waals surface area contributed by atoms with Crippen LogP contribution in [0.4, 0.5) is 5.82 Å². The summed E-state index contributed by atoms with van der Waals surface area (Å²) in [5, 5.41) is 3.15. The number of nitrogens with zero attached hydrogens (tertiary/aromatic N) is 1. The van der Waals surface area contributed by atoms with Gasteiger partial charge in [-0.1, -0.05) is 24.4 Å². The summed E-state index contributed by atoms with van der Waals surface area (Å²) >= 11 is 5.93. The van der Waals surface area contributed by atoms with E-state index in [1.165, 1.54) is 19.3 Å². The van der Waals surface area contributed by atoms with Crippen molar-refractivity contribution in [2.75, 3.05) is 12.0 Å². The number of anilines is 1. The molecule has 0 spiro atoms. The smallest absolute Gasteiger partial charge is 0.271 e. The van der Waals surface area contributed by atoms with Crippen molar-refractivity contribution in [1.82, 2.24) is 10.3 Å². The minimum absolute atomic E-state index is 0.207. The van der Waals surface area contributed by atoms with E-state index in [1.54, 1.807) is 12.1 Å². The number of rotatable bonds is 6. The Morgan fingerprint density at radius 2 is 2.28 bits per heavy atom. The first kappa shape index (κ1) is 13.1. The van der Waals surface area contributed by atoms with Gasteiger partial charge in [0, 0.05) is 6.54 Å². The molecular weight excluding hydrogens is 252 g/mol. The van der Waals surface area contributed by atoms with E-state index in [9.17, 15) is 4.79 Å². The highest BCUT2D eigenvalue weighted by molar-refractivity contribution is 6.33. The maximum atomic E-state index is 11.9. The fourth-order valence-corrected chi connectivity index (χ4v) is 1.96. The second kappa shape index (κ2) is 6.02. The van der Waals surface area contributed by atoms with Crippen LogP contribution < -0.4 is 16.6 Å². The molecule has 1 amide bonds. The number of hydrogen-bond acceptors (Lipinski definition) is 4. The molecule has 0 bridgehead atoms. The van der Waals surface area contributed by atoms with E-state index in [-0.39, 0.29) is 11.6 Å². The second-order valence-corrected chi connectivity index (χ2v) is 4.92. The van der Waals surface area contributed by atoms with Crippen LogP contribution in [-0.2, 0) is 0 Å². The summed E-state index contributed by atoms with van der Waals surface area (Å²) < 4.78 is 0. The Hall–Kier alpha value is -1.33. The van der Waals surface area contributed by atoms with Crippen molar-refractivity contribution in [2.45, 2.75) is 25.7 Å². The van der Waals surface area contributed by atoms with Gasteiger partial charge in [-0.25, -0.2) is 10.8 Å². The number of carbonyl (C=O) groups excluding carboxylic acids is 1. The predicted octanol–water partition coefficient (Wildman–Crippen LogP) is 1.94. The lowest BCUT2D eigenvalue weighted by atomic mass is 10.2. The fraction of sp³-hybridized carbons (Fsp3) is 0.500. The van der Waals surface area contributed by atoms with Crippen LogP contribution >= 0.6 is 11.6 Å². The van der Waals surface area contributed by atoms with Crippen LogP contribution in [0, 0.1) is 5.92 Å². The molecule has 1 saturated carbocycles. The van der Waals surface area contributed by atoms with Crippen LogP contribution in [0.25, 0.3) is 0 Å². The van der Waals surface area contributed by atoms with E-state index in [0.29, 0.717) is 17.4 Å². The monoisotopic (exact) mass is 268 g/mol. The molecule has 2 rings (SSSR count). The number of pyridine rings is 1. The van der Waals surface area contributed by atoms with Crippen molar-refractivity contribution in [3.8, 4) is 0 Å². The van der Waals surface area contributed by atoms with Gasteiger partial charge in [0.05, 0.1) is 5.02 Å². The Morgan fingerprint density at radius 3 is 2.94 bits per heavy atom. The van der Waals surface area contributed by atoms with Crippen molar-refractivity contribution < 1.29 is 4.79 Å². The minimum Gasteiger partial charge on any atom is -0.351 e. The molecule has 0 atom stereocenters. The number of hydrogen-bond donors (Lipinski definition) is 3. The lowest BCUT2D eigenvalue weighted by molar-refractivity contribution is 0.0948. The second-order valence-electron chi connectivity index (χ2n) is 4.51. The summed E-state index contributed by atoms with van der Waals surface area (Å²) in [5.74, 6) is 6.29. The van der Waals surface area contributed by atoms with Crippen LogP contribution in [0.15, 0.2) is 12.1 Å². The molecule has 98 valence electrons. The third-order valence-electron chi connectivity index (χ3n) is 2.98. The van der Waals surface area contributed by atoms with Crippen LogP contribution in [0.1, 0.15) is 36.2 Å². The van der Waals surface area contributed by atoms with Crippen LogP contribution in [0.5, 0.6) is 0 Å². The van der Waals surface area contributed by atoms with Gasteiger partial charge < -0.3 is 10.7 Å². The summed E-state index contributed by atoms with van der Waals surface area (Å²) in [6, 6.07) is 3.22. The molecule has 1 aromatic heterocycles. The molecule has 1 heterocycles. The van der Waals surface area contributed by atoms with Gasteiger partial charge in [0.25, 0.3) is 5.91 Å². The van der Waals surface area contributed by atoms with E-state index in [0.717, 1.165) is 12.3 Å². The number of hydrazine groups is 1. The fourth-order valence-electron chi connectivity index (χ4n) is 1.76. The predicted molar refractivity (Wildman–Crippen MR) is 71.3 cm³/mol. The lowest BCUT2D eigenvalue weighted by Crippen LogP contribution is -2.26. The summed E-state index contributed by atoms with van der Waals surface area (Å²) in [4.78, 5) is 15.9. The van der Waals surface area contributed by atoms with Crippen molar-refractivity contribution in [3.63, 3.8) is 0 Å². The number of carbonyl (C=O) groups is 1. The zero-order valence-corrected chi connectivity index (χ0v) is 10.8. The van der Waals surface area contributed by atoms with Gasteiger partial charge in [-0.05, 0) is 30.9 Å². The Kier molecular flexibility index (Phi) is 4.38. The zero-order valence-electron chi connectivity index (χ0n) is 10.1. The summed E-state index contributed by atoms with van der Waals surface area (Å²) in [6.07, 6.45) is 4.87. The number of halogens is 1. The molecule has 0 radical (unpaired) electrons. The molecule has 0 aromatic carbocycles. The number of aromatic nitrogens is 1. The largest absolute Gasteiger partial charge is 0.351 e. The van der Waals surface area contributed by atoms with Crippen LogP contribution in [0.3, 0.4) is 0 Å². The van der Waals surface area contributed by atoms with Crippen LogP contribution in [0.2, 0.25) is 5.02 Å². The molecule has 1 aliphatic rings. The summed E-state index contributed by atoms with van der Waals surface area (Å²) in [5.41, 5.74) is 2.60. The Balaban J connectivity index is 1.86. The Bertz CT molecular complexity index is 434. The van der Waals surface area contributed by atoms with E-state index >= 15 is 0 Å².